The zero-order chi connectivity index (χ0) is 22.3. The molecule has 2 aliphatic heterocycles. The molecule has 32 heavy (non-hydrogen) atoms. The van der Waals surface area contributed by atoms with Crippen molar-refractivity contribution in [3.8, 4) is 17.2 Å². The molecule has 0 saturated carbocycles. The Kier molecular flexibility index (Phi) is 5.26. The molecule has 2 aliphatic rings. The van der Waals surface area contributed by atoms with E-state index in [0.29, 0.717) is 56.6 Å². The summed E-state index contributed by atoms with van der Waals surface area (Å²) >= 11 is 0. The average Bonchev–Trinajstić information content (AvgIpc) is 2.82. The van der Waals surface area contributed by atoms with Gasteiger partial charge in [-0.25, -0.2) is 18.4 Å². The van der Waals surface area contributed by atoms with E-state index in [-0.39, 0.29) is 4.90 Å². The van der Waals surface area contributed by atoms with Gasteiger partial charge in [-0.3, -0.25) is 0 Å². The monoisotopic (exact) mass is 456 g/mol. The number of sulfonamides is 1. The standard InChI is InChI=1S/C22H24N4O5S/c1-15-3-4-18(29-2)21(11-15)32(27,28)26-7-5-25(6-8-26)22-16-12-19-20(31-10-9-30-19)13-17(16)23-14-24-22/h3-4,11-14H,5-10H2,1-2H3. The summed E-state index contributed by atoms with van der Waals surface area (Å²) in [5.41, 5.74) is 1.63. The zero-order valence-electron chi connectivity index (χ0n) is 17.9. The molecule has 0 spiro atoms. The predicted molar refractivity (Wildman–Crippen MR) is 119 cm³/mol. The second kappa shape index (κ2) is 8.10. The van der Waals surface area contributed by atoms with Crippen molar-refractivity contribution < 1.29 is 22.6 Å². The van der Waals surface area contributed by atoms with Gasteiger partial charge in [0.1, 0.15) is 36.0 Å². The maximum atomic E-state index is 13.3. The third-order valence-electron chi connectivity index (χ3n) is 5.75. The van der Waals surface area contributed by atoms with Crippen LogP contribution >= 0.6 is 0 Å². The third kappa shape index (κ3) is 3.59. The van der Waals surface area contributed by atoms with Gasteiger partial charge in [0.2, 0.25) is 10.0 Å². The Morgan fingerprint density at radius 1 is 0.969 bits per heavy atom. The lowest BCUT2D eigenvalue weighted by atomic mass is 10.2. The first-order chi connectivity index (χ1) is 15.5. The lowest BCUT2D eigenvalue weighted by Gasteiger charge is -2.35. The van der Waals surface area contributed by atoms with Crippen molar-refractivity contribution in [1.29, 1.82) is 0 Å². The lowest BCUT2D eigenvalue weighted by molar-refractivity contribution is 0.172. The number of piperazine rings is 1. The number of fused-ring (bicyclic) bond motifs is 2. The largest absolute Gasteiger partial charge is 0.495 e. The van der Waals surface area contributed by atoms with Gasteiger partial charge in [-0.15, -0.1) is 0 Å². The Hall–Kier alpha value is -3.11. The van der Waals surface area contributed by atoms with Crippen LogP contribution in [0.3, 0.4) is 0 Å². The molecule has 0 radical (unpaired) electrons. The minimum absolute atomic E-state index is 0.199. The summed E-state index contributed by atoms with van der Waals surface area (Å²) < 4.78 is 44.8. The molecule has 0 unspecified atom stereocenters. The first-order valence-corrected chi connectivity index (χ1v) is 11.9. The normalized spacial score (nSPS) is 16.9. The number of nitrogens with zero attached hydrogens (tertiary/aromatic N) is 4. The Bertz CT molecular complexity index is 1270. The van der Waals surface area contributed by atoms with Gasteiger partial charge >= 0.3 is 0 Å². The number of hydrogen-bond donors (Lipinski definition) is 0. The van der Waals surface area contributed by atoms with Gasteiger partial charge in [0.25, 0.3) is 0 Å². The summed E-state index contributed by atoms with van der Waals surface area (Å²) in [5, 5.41) is 0.855. The van der Waals surface area contributed by atoms with E-state index in [4.69, 9.17) is 14.2 Å². The summed E-state index contributed by atoms with van der Waals surface area (Å²) in [7, 11) is -2.19. The van der Waals surface area contributed by atoms with Crippen LogP contribution in [-0.2, 0) is 10.0 Å². The van der Waals surface area contributed by atoms with Crippen molar-refractivity contribution in [2.75, 3.05) is 51.4 Å². The first-order valence-electron chi connectivity index (χ1n) is 10.4. The SMILES string of the molecule is COc1ccc(C)cc1S(=O)(=O)N1CCN(c2ncnc3cc4c(cc23)OCCO4)CC1. The molecule has 0 bridgehead atoms. The van der Waals surface area contributed by atoms with E-state index in [1.807, 2.05) is 25.1 Å². The number of aromatic nitrogens is 2. The molecule has 0 aliphatic carbocycles. The van der Waals surface area contributed by atoms with E-state index < -0.39 is 10.0 Å². The number of hydrogen-bond acceptors (Lipinski definition) is 8. The van der Waals surface area contributed by atoms with Crippen LogP contribution in [0, 0.1) is 6.92 Å². The minimum Gasteiger partial charge on any atom is -0.495 e. The fraction of sp³-hybridized carbons (Fsp3) is 0.364. The molecule has 1 aromatic heterocycles. The van der Waals surface area contributed by atoms with Crippen LogP contribution in [0.15, 0.2) is 41.6 Å². The fourth-order valence-electron chi connectivity index (χ4n) is 4.10. The highest BCUT2D eigenvalue weighted by Gasteiger charge is 2.32. The number of benzene rings is 2. The maximum absolute atomic E-state index is 13.3. The predicted octanol–water partition coefficient (Wildman–Crippen LogP) is 2.23. The van der Waals surface area contributed by atoms with Gasteiger partial charge < -0.3 is 19.1 Å². The second-order valence-corrected chi connectivity index (χ2v) is 9.66. The molecule has 0 N–H and O–H groups in total. The molecule has 9 nitrogen and oxygen atoms in total. The Labute approximate surface area is 186 Å². The van der Waals surface area contributed by atoms with Crippen molar-refractivity contribution in [2.45, 2.75) is 11.8 Å². The summed E-state index contributed by atoms with van der Waals surface area (Å²) in [6.45, 7) is 4.58. The molecule has 168 valence electrons. The average molecular weight is 457 g/mol. The van der Waals surface area contributed by atoms with Crippen molar-refractivity contribution in [3.05, 3.63) is 42.2 Å². The Balaban J connectivity index is 1.40. The minimum atomic E-state index is -3.68. The number of aryl methyl sites for hydroxylation is 1. The van der Waals surface area contributed by atoms with Crippen LogP contribution in [0.4, 0.5) is 5.82 Å². The highest BCUT2D eigenvalue weighted by atomic mass is 32.2. The van der Waals surface area contributed by atoms with Crippen LogP contribution in [0.2, 0.25) is 0 Å². The van der Waals surface area contributed by atoms with Crippen LogP contribution in [0.1, 0.15) is 5.56 Å². The first kappa shape index (κ1) is 20.8. The van der Waals surface area contributed by atoms with E-state index in [2.05, 4.69) is 14.9 Å². The Morgan fingerprint density at radius 2 is 1.69 bits per heavy atom. The van der Waals surface area contributed by atoms with Gasteiger partial charge in [-0.1, -0.05) is 6.07 Å². The summed E-state index contributed by atoms with van der Waals surface area (Å²) in [6.07, 6.45) is 1.52. The van der Waals surface area contributed by atoms with Crippen molar-refractivity contribution in [3.63, 3.8) is 0 Å². The number of ether oxygens (including phenoxy) is 3. The van der Waals surface area contributed by atoms with Crippen LogP contribution < -0.4 is 19.1 Å². The van der Waals surface area contributed by atoms with E-state index in [1.54, 1.807) is 12.1 Å². The zero-order valence-corrected chi connectivity index (χ0v) is 18.8. The molecule has 2 aromatic carbocycles. The van der Waals surface area contributed by atoms with Crippen LogP contribution in [0.25, 0.3) is 10.9 Å². The van der Waals surface area contributed by atoms with E-state index in [9.17, 15) is 8.42 Å². The van der Waals surface area contributed by atoms with Gasteiger partial charge in [0.05, 0.1) is 12.6 Å². The topological polar surface area (TPSA) is 94.1 Å². The summed E-state index contributed by atoms with van der Waals surface area (Å²) in [6, 6.07) is 8.95. The lowest BCUT2D eigenvalue weighted by Crippen LogP contribution is -2.49. The van der Waals surface area contributed by atoms with Gasteiger partial charge in [-0.2, -0.15) is 4.31 Å². The molecule has 1 saturated heterocycles. The van der Waals surface area contributed by atoms with Crippen molar-refractivity contribution in [2.24, 2.45) is 0 Å². The maximum Gasteiger partial charge on any atom is 0.246 e. The molecule has 0 amide bonds. The molecule has 1 fully saturated rings. The molecule has 10 heteroatoms. The third-order valence-corrected chi connectivity index (χ3v) is 7.67. The smallest absolute Gasteiger partial charge is 0.246 e. The molecular weight excluding hydrogens is 432 g/mol. The molecular formula is C22H24N4O5S. The summed E-state index contributed by atoms with van der Waals surface area (Å²) in [4.78, 5) is 11.1. The summed E-state index contributed by atoms with van der Waals surface area (Å²) in [5.74, 6) is 2.47. The van der Waals surface area contributed by atoms with Gasteiger partial charge in [0.15, 0.2) is 11.5 Å². The molecule has 3 heterocycles. The fourth-order valence-corrected chi connectivity index (χ4v) is 5.76. The van der Waals surface area contributed by atoms with E-state index in [1.165, 1.54) is 17.7 Å². The highest BCUT2D eigenvalue weighted by Crippen LogP contribution is 2.37. The molecule has 5 rings (SSSR count). The second-order valence-electron chi connectivity index (χ2n) is 7.76. The number of methoxy groups -OCH3 is 1. The van der Waals surface area contributed by atoms with Crippen molar-refractivity contribution >= 4 is 26.7 Å². The number of rotatable bonds is 4. The van der Waals surface area contributed by atoms with Gasteiger partial charge in [-0.05, 0) is 30.7 Å². The molecule has 3 aromatic rings. The van der Waals surface area contributed by atoms with Crippen LogP contribution in [0.5, 0.6) is 17.2 Å². The van der Waals surface area contributed by atoms with E-state index >= 15 is 0 Å². The number of anilines is 1. The van der Waals surface area contributed by atoms with Crippen molar-refractivity contribution in [1.82, 2.24) is 14.3 Å². The molecule has 0 atom stereocenters. The quantitative estimate of drug-likeness (QED) is 0.590. The van der Waals surface area contributed by atoms with Crippen LogP contribution in [-0.4, -0.2) is 69.2 Å². The van der Waals surface area contributed by atoms with E-state index in [0.717, 1.165) is 22.3 Å². The Morgan fingerprint density at radius 3 is 2.41 bits per heavy atom. The highest BCUT2D eigenvalue weighted by molar-refractivity contribution is 7.89. The van der Waals surface area contributed by atoms with Gasteiger partial charge in [0, 0.05) is 37.6 Å².